The Hall–Kier alpha value is -2.37. The number of amides is 1. The second-order valence-corrected chi connectivity index (χ2v) is 6.23. The molecule has 1 aromatic carbocycles. The van der Waals surface area contributed by atoms with Crippen LogP contribution in [0.15, 0.2) is 24.4 Å². The molecular weight excluding hydrogens is 282 g/mol. The van der Waals surface area contributed by atoms with Crippen molar-refractivity contribution in [2.45, 2.75) is 20.3 Å². The van der Waals surface area contributed by atoms with Crippen molar-refractivity contribution >= 4 is 22.8 Å². The van der Waals surface area contributed by atoms with Gasteiger partial charge in [0.05, 0.1) is 22.7 Å². The van der Waals surface area contributed by atoms with Gasteiger partial charge in [0.15, 0.2) is 0 Å². The molecule has 0 saturated carbocycles. The Morgan fingerprint density at radius 1 is 1.41 bits per heavy atom. The summed E-state index contributed by atoms with van der Waals surface area (Å²) in [6.07, 6.45) is 2.16. The first-order chi connectivity index (χ1) is 10.5. The molecule has 116 valence electrons. The Morgan fingerprint density at radius 2 is 2.18 bits per heavy atom. The lowest BCUT2D eigenvalue weighted by molar-refractivity contribution is -0.150. The van der Waals surface area contributed by atoms with Crippen LogP contribution in [-0.4, -0.2) is 45.2 Å². The second-order valence-electron chi connectivity index (χ2n) is 6.23. The van der Waals surface area contributed by atoms with E-state index in [1.165, 1.54) is 0 Å². The van der Waals surface area contributed by atoms with Crippen LogP contribution in [-0.2, 0) is 4.79 Å². The number of aliphatic carboxylic acids is 1. The van der Waals surface area contributed by atoms with Gasteiger partial charge in [0.2, 0.25) is 0 Å². The highest BCUT2D eigenvalue weighted by atomic mass is 16.4. The van der Waals surface area contributed by atoms with E-state index < -0.39 is 11.4 Å². The Balaban J connectivity index is 1.91. The summed E-state index contributed by atoms with van der Waals surface area (Å²) in [5.74, 6) is -0.984. The van der Waals surface area contributed by atoms with Gasteiger partial charge < -0.3 is 10.0 Å². The van der Waals surface area contributed by atoms with Gasteiger partial charge in [0.1, 0.15) is 0 Å². The summed E-state index contributed by atoms with van der Waals surface area (Å²) in [4.78, 5) is 26.1. The van der Waals surface area contributed by atoms with Crippen LogP contribution in [0.2, 0.25) is 0 Å². The first-order valence-corrected chi connectivity index (χ1v) is 7.40. The summed E-state index contributed by atoms with van der Waals surface area (Å²) < 4.78 is 0. The molecule has 1 amide bonds. The number of hydrogen-bond donors (Lipinski definition) is 2. The third-order valence-electron chi connectivity index (χ3n) is 4.83. The first kappa shape index (κ1) is 14.6. The van der Waals surface area contributed by atoms with E-state index in [9.17, 15) is 14.7 Å². The van der Waals surface area contributed by atoms with Crippen LogP contribution in [0.5, 0.6) is 0 Å². The summed E-state index contributed by atoms with van der Waals surface area (Å²) in [5.41, 5.74) is 0.391. The number of fused-ring (bicyclic) bond motifs is 1. The maximum Gasteiger partial charge on any atom is 0.311 e. The second kappa shape index (κ2) is 5.12. The van der Waals surface area contributed by atoms with Crippen molar-refractivity contribution in [3.8, 4) is 0 Å². The molecule has 22 heavy (non-hydrogen) atoms. The summed E-state index contributed by atoms with van der Waals surface area (Å²) in [5, 5.41) is 17.3. The number of carbonyl (C=O) groups is 2. The predicted octanol–water partition coefficient (Wildman–Crippen LogP) is 2.14. The monoisotopic (exact) mass is 301 g/mol. The van der Waals surface area contributed by atoms with Crippen molar-refractivity contribution in [3.05, 3.63) is 30.0 Å². The molecule has 1 saturated heterocycles. The standard InChI is InChI=1S/C16H19N3O3/c1-10(2)16(15(21)22)6-7-19(9-16)14(20)12-5-3-4-11-8-17-18-13(11)12/h3-5,8,10H,6-7,9H2,1-2H3,(H,17,18)(H,21,22). The highest BCUT2D eigenvalue weighted by Crippen LogP contribution is 2.38. The molecule has 3 rings (SSSR count). The molecule has 0 bridgehead atoms. The molecule has 0 spiro atoms. The number of nitrogens with zero attached hydrogens (tertiary/aromatic N) is 2. The zero-order chi connectivity index (χ0) is 15.9. The molecule has 6 nitrogen and oxygen atoms in total. The van der Waals surface area contributed by atoms with Gasteiger partial charge in [0.25, 0.3) is 5.91 Å². The fourth-order valence-electron chi connectivity index (χ4n) is 3.22. The van der Waals surface area contributed by atoms with Gasteiger partial charge >= 0.3 is 5.97 Å². The number of benzene rings is 1. The molecule has 2 heterocycles. The fraction of sp³-hybridized carbons (Fsp3) is 0.438. The lowest BCUT2D eigenvalue weighted by atomic mass is 9.76. The molecular formula is C16H19N3O3. The van der Waals surface area contributed by atoms with E-state index in [1.807, 2.05) is 26.0 Å². The number of carbonyl (C=O) groups excluding carboxylic acids is 1. The number of rotatable bonds is 3. The van der Waals surface area contributed by atoms with E-state index >= 15 is 0 Å². The maximum absolute atomic E-state index is 12.8. The van der Waals surface area contributed by atoms with Crippen molar-refractivity contribution < 1.29 is 14.7 Å². The predicted molar refractivity (Wildman–Crippen MR) is 81.5 cm³/mol. The number of hydrogen-bond acceptors (Lipinski definition) is 3. The quantitative estimate of drug-likeness (QED) is 0.909. The highest BCUT2D eigenvalue weighted by Gasteiger charge is 2.48. The van der Waals surface area contributed by atoms with Crippen LogP contribution in [0.25, 0.3) is 10.9 Å². The first-order valence-electron chi connectivity index (χ1n) is 7.40. The van der Waals surface area contributed by atoms with Crippen molar-refractivity contribution in [2.75, 3.05) is 13.1 Å². The Kier molecular flexibility index (Phi) is 3.39. The van der Waals surface area contributed by atoms with E-state index in [0.717, 1.165) is 5.39 Å². The van der Waals surface area contributed by atoms with Crippen molar-refractivity contribution in [2.24, 2.45) is 11.3 Å². The molecule has 0 radical (unpaired) electrons. The van der Waals surface area contributed by atoms with Crippen LogP contribution < -0.4 is 0 Å². The van der Waals surface area contributed by atoms with Gasteiger partial charge in [-0.3, -0.25) is 14.7 Å². The zero-order valence-electron chi connectivity index (χ0n) is 12.7. The summed E-state index contributed by atoms with van der Waals surface area (Å²) in [7, 11) is 0. The number of carboxylic acids is 1. The number of carboxylic acid groups (broad SMARTS) is 1. The largest absolute Gasteiger partial charge is 0.481 e. The fourth-order valence-corrected chi connectivity index (χ4v) is 3.22. The molecule has 1 aromatic heterocycles. The molecule has 1 unspecified atom stereocenters. The summed E-state index contributed by atoms with van der Waals surface area (Å²) in [6, 6.07) is 5.45. The molecule has 0 aliphatic carbocycles. The SMILES string of the molecule is CC(C)C1(C(=O)O)CCN(C(=O)c2cccc3cn[nH]c23)C1. The van der Waals surface area contributed by atoms with E-state index in [-0.39, 0.29) is 18.4 Å². The molecule has 1 fully saturated rings. The Bertz CT molecular complexity index is 737. The normalized spacial score (nSPS) is 21.7. The zero-order valence-corrected chi connectivity index (χ0v) is 12.7. The molecule has 1 aliphatic rings. The third-order valence-corrected chi connectivity index (χ3v) is 4.83. The van der Waals surface area contributed by atoms with Gasteiger partial charge in [-0.15, -0.1) is 0 Å². The molecule has 6 heteroatoms. The van der Waals surface area contributed by atoms with Crippen molar-refractivity contribution in [1.29, 1.82) is 0 Å². The summed E-state index contributed by atoms with van der Waals surface area (Å²) >= 11 is 0. The molecule has 2 N–H and O–H groups in total. The minimum atomic E-state index is -0.850. The lowest BCUT2D eigenvalue weighted by Gasteiger charge is -2.28. The summed E-state index contributed by atoms with van der Waals surface area (Å²) in [6.45, 7) is 4.52. The number of aromatic amines is 1. The van der Waals surface area contributed by atoms with E-state index in [2.05, 4.69) is 10.2 Å². The Morgan fingerprint density at radius 3 is 2.82 bits per heavy atom. The average molecular weight is 301 g/mol. The van der Waals surface area contributed by atoms with E-state index in [1.54, 1.807) is 17.2 Å². The van der Waals surface area contributed by atoms with Gasteiger partial charge in [-0.05, 0) is 18.4 Å². The smallest absolute Gasteiger partial charge is 0.311 e. The molecule has 2 aromatic rings. The minimum Gasteiger partial charge on any atom is -0.481 e. The number of nitrogens with one attached hydrogen (secondary N) is 1. The lowest BCUT2D eigenvalue weighted by Crippen LogP contribution is -2.40. The Labute approximate surface area is 128 Å². The molecule has 1 atom stereocenters. The van der Waals surface area contributed by atoms with Crippen LogP contribution in [0.4, 0.5) is 0 Å². The number of aromatic nitrogens is 2. The van der Waals surface area contributed by atoms with Crippen LogP contribution >= 0.6 is 0 Å². The number of para-hydroxylation sites is 1. The maximum atomic E-state index is 12.8. The van der Waals surface area contributed by atoms with Crippen molar-refractivity contribution in [1.82, 2.24) is 15.1 Å². The van der Waals surface area contributed by atoms with Gasteiger partial charge in [-0.2, -0.15) is 5.10 Å². The topological polar surface area (TPSA) is 86.3 Å². The van der Waals surface area contributed by atoms with Gasteiger partial charge in [-0.1, -0.05) is 26.0 Å². The molecule has 1 aliphatic heterocycles. The van der Waals surface area contributed by atoms with Gasteiger partial charge in [-0.25, -0.2) is 0 Å². The minimum absolute atomic E-state index is 0.0225. The van der Waals surface area contributed by atoms with E-state index in [4.69, 9.17) is 0 Å². The van der Waals surface area contributed by atoms with Crippen LogP contribution in [0.3, 0.4) is 0 Å². The van der Waals surface area contributed by atoms with Gasteiger partial charge in [0, 0.05) is 18.5 Å². The highest BCUT2D eigenvalue weighted by molar-refractivity contribution is 6.05. The number of likely N-dealkylation sites (tertiary alicyclic amines) is 1. The van der Waals surface area contributed by atoms with E-state index in [0.29, 0.717) is 24.0 Å². The van der Waals surface area contributed by atoms with Crippen LogP contribution in [0.1, 0.15) is 30.6 Å². The van der Waals surface area contributed by atoms with Crippen LogP contribution in [0, 0.1) is 11.3 Å². The van der Waals surface area contributed by atoms with Crippen molar-refractivity contribution in [3.63, 3.8) is 0 Å². The number of H-pyrrole nitrogens is 1. The average Bonchev–Trinajstić information content (AvgIpc) is 3.13. The third kappa shape index (κ3) is 2.06.